The van der Waals surface area contributed by atoms with Gasteiger partial charge < -0.3 is 14.6 Å². The monoisotopic (exact) mass is 322 g/mol. The number of aliphatic carboxylic acids is 1. The normalized spacial score (nSPS) is 27.4. The molecule has 0 spiro atoms. The molecule has 1 N–H and O–H groups in total. The maximum absolute atomic E-state index is 12.0. The molecule has 0 bridgehead atoms. The zero-order chi connectivity index (χ0) is 15.5. The topological polar surface area (TPSA) is 72.8 Å². The van der Waals surface area contributed by atoms with Crippen molar-refractivity contribution < 1.29 is 24.2 Å². The summed E-state index contributed by atoms with van der Waals surface area (Å²) < 4.78 is 10.1. The van der Waals surface area contributed by atoms with Gasteiger partial charge in [0.25, 0.3) is 0 Å². The fourth-order valence-corrected chi connectivity index (χ4v) is 3.04. The number of ether oxygens (including phenoxy) is 2. The van der Waals surface area contributed by atoms with Gasteiger partial charge in [0.15, 0.2) is 0 Å². The highest BCUT2D eigenvalue weighted by Crippen LogP contribution is 2.49. The number of rotatable bonds is 5. The van der Waals surface area contributed by atoms with Crippen LogP contribution in [0.2, 0.25) is 0 Å². The summed E-state index contributed by atoms with van der Waals surface area (Å²) in [4.78, 5) is 23.8. The number of esters is 1. The number of carbonyl (C=O) groups excluding carboxylic acids is 1. The van der Waals surface area contributed by atoms with Gasteiger partial charge in [0.1, 0.15) is 11.5 Å². The van der Waals surface area contributed by atoms with Crippen LogP contribution in [0.15, 0.2) is 22.2 Å². The van der Waals surface area contributed by atoms with Crippen molar-refractivity contribution in [3.63, 3.8) is 0 Å². The van der Waals surface area contributed by atoms with Gasteiger partial charge in [-0.05, 0) is 19.1 Å². The zero-order valence-electron chi connectivity index (χ0n) is 11.4. The summed E-state index contributed by atoms with van der Waals surface area (Å²) in [5.74, 6) is -3.02. The first-order chi connectivity index (χ1) is 9.33. The number of carboxylic acids is 1. The molecular weight excluding hydrogens is 307 g/mol. The summed E-state index contributed by atoms with van der Waals surface area (Å²) in [5, 5.41) is 9.80. The van der Waals surface area contributed by atoms with Gasteiger partial charge in [-0.1, -0.05) is 30.1 Å². The minimum Gasteiger partial charge on any atom is -0.480 e. The lowest BCUT2D eigenvalue weighted by molar-refractivity contribution is -0.168. The van der Waals surface area contributed by atoms with E-state index in [1.54, 1.807) is 6.92 Å². The molecule has 20 heavy (non-hydrogen) atoms. The van der Waals surface area contributed by atoms with Crippen LogP contribution in [-0.2, 0) is 19.1 Å². The largest absolute Gasteiger partial charge is 0.480 e. The van der Waals surface area contributed by atoms with E-state index in [4.69, 9.17) is 32.7 Å². The minimum atomic E-state index is -1.80. The maximum atomic E-state index is 12.0. The summed E-state index contributed by atoms with van der Waals surface area (Å²) >= 11 is 12.1. The second-order valence-electron chi connectivity index (χ2n) is 4.33. The molecule has 0 amide bonds. The SMILES string of the molecule is CCOC(=O)C(C)C1(C(=O)O)C(Cl)=CC=C(Cl)C1OC. The molecule has 0 aliphatic heterocycles. The minimum absolute atomic E-state index is 0.0261. The van der Waals surface area contributed by atoms with E-state index >= 15 is 0 Å². The Hall–Kier alpha value is -1.04. The summed E-state index contributed by atoms with van der Waals surface area (Å²) in [6.07, 6.45) is 1.76. The predicted octanol–water partition coefficient (Wildman–Crippen LogP) is 2.53. The highest BCUT2D eigenvalue weighted by atomic mass is 35.5. The summed E-state index contributed by atoms with van der Waals surface area (Å²) in [6.45, 7) is 3.21. The Morgan fingerprint density at radius 1 is 1.45 bits per heavy atom. The molecule has 0 fully saturated rings. The second kappa shape index (κ2) is 6.61. The van der Waals surface area contributed by atoms with Crippen molar-refractivity contribution >= 4 is 35.1 Å². The number of methoxy groups -OCH3 is 1. The molecule has 0 heterocycles. The van der Waals surface area contributed by atoms with Crippen molar-refractivity contribution in [1.29, 1.82) is 0 Å². The first-order valence-electron chi connectivity index (χ1n) is 6.00. The lowest BCUT2D eigenvalue weighted by Crippen LogP contribution is -2.52. The van der Waals surface area contributed by atoms with Crippen LogP contribution >= 0.6 is 23.2 Å². The van der Waals surface area contributed by atoms with Crippen LogP contribution in [0.4, 0.5) is 0 Å². The fourth-order valence-electron chi connectivity index (χ4n) is 2.31. The first-order valence-corrected chi connectivity index (χ1v) is 6.75. The molecule has 0 aromatic rings. The smallest absolute Gasteiger partial charge is 0.319 e. The summed E-state index contributed by atoms with van der Waals surface area (Å²) in [5.41, 5.74) is -1.80. The van der Waals surface area contributed by atoms with E-state index in [9.17, 15) is 14.7 Å². The van der Waals surface area contributed by atoms with Crippen molar-refractivity contribution in [3.8, 4) is 0 Å². The van der Waals surface area contributed by atoms with Crippen molar-refractivity contribution in [3.05, 3.63) is 22.2 Å². The number of hydrogen-bond acceptors (Lipinski definition) is 4. The molecule has 112 valence electrons. The van der Waals surface area contributed by atoms with Crippen LogP contribution in [0.25, 0.3) is 0 Å². The van der Waals surface area contributed by atoms with Crippen LogP contribution in [0.5, 0.6) is 0 Å². The van der Waals surface area contributed by atoms with Crippen LogP contribution in [0, 0.1) is 11.3 Å². The Morgan fingerprint density at radius 3 is 2.50 bits per heavy atom. The molecule has 7 heteroatoms. The molecular formula is C13H16Cl2O5. The van der Waals surface area contributed by atoms with Gasteiger partial charge in [-0.25, -0.2) is 0 Å². The lowest BCUT2D eigenvalue weighted by Gasteiger charge is -2.40. The van der Waals surface area contributed by atoms with Crippen molar-refractivity contribution in [2.75, 3.05) is 13.7 Å². The molecule has 0 aromatic carbocycles. The Morgan fingerprint density at radius 2 is 2.05 bits per heavy atom. The molecule has 1 aliphatic carbocycles. The Kier molecular flexibility index (Phi) is 5.62. The van der Waals surface area contributed by atoms with Gasteiger partial charge in [0, 0.05) is 17.2 Å². The van der Waals surface area contributed by atoms with Gasteiger partial charge in [-0.15, -0.1) is 0 Å². The summed E-state index contributed by atoms with van der Waals surface area (Å²) in [7, 11) is 1.31. The molecule has 1 aliphatic rings. The van der Waals surface area contributed by atoms with Crippen LogP contribution < -0.4 is 0 Å². The molecule has 0 aromatic heterocycles. The van der Waals surface area contributed by atoms with E-state index < -0.39 is 29.4 Å². The number of allylic oxidation sites excluding steroid dienone is 2. The van der Waals surface area contributed by atoms with Gasteiger partial charge in [0.2, 0.25) is 0 Å². The third-order valence-corrected chi connectivity index (χ3v) is 4.12. The maximum Gasteiger partial charge on any atom is 0.319 e. The lowest BCUT2D eigenvalue weighted by atomic mass is 9.69. The second-order valence-corrected chi connectivity index (χ2v) is 5.17. The molecule has 1 rings (SSSR count). The molecule has 0 saturated heterocycles. The van der Waals surface area contributed by atoms with Crippen molar-refractivity contribution in [1.82, 2.24) is 0 Å². The predicted molar refractivity (Wildman–Crippen MR) is 74.5 cm³/mol. The zero-order valence-corrected chi connectivity index (χ0v) is 12.9. The van der Waals surface area contributed by atoms with Crippen molar-refractivity contribution in [2.45, 2.75) is 20.0 Å². The molecule has 5 nitrogen and oxygen atoms in total. The average molecular weight is 323 g/mol. The van der Waals surface area contributed by atoms with E-state index in [2.05, 4.69) is 0 Å². The van der Waals surface area contributed by atoms with Gasteiger partial charge >= 0.3 is 11.9 Å². The number of halogens is 2. The number of hydrogen-bond donors (Lipinski definition) is 1. The number of carbonyl (C=O) groups is 2. The van der Waals surface area contributed by atoms with Crippen LogP contribution in [-0.4, -0.2) is 36.9 Å². The standard InChI is InChI=1S/C13H16Cl2O5/c1-4-20-11(16)7(2)13(12(17)18)9(15)6-5-8(14)10(13)19-3/h5-7,10H,4H2,1-3H3,(H,17,18). The van der Waals surface area contributed by atoms with E-state index in [1.165, 1.54) is 26.2 Å². The molecule has 0 saturated carbocycles. The highest BCUT2D eigenvalue weighted by Gasteiger charge is 2.58. The molecule has 3 unspecified atom stereocenters. The van der Waals surface area contributed by atoms with E-state index in [1.807, 2.05) is 0 Å². The van der Waals surface area contributed by atoms with Gasteiger partial charge in [-0.2, -0.15) is 0 Å². The number of carboxylic acid groups (broad SMARTS) is 1. The van der Waals surface area contributed by atoms with Crippen LogP contribution in [0.1, 0.15) is 13.8 Å². The Bertz CT molecular complexity index is 471. The van der Waals surface area contributed by atoms with Crippen LogP contribution in [0.3, 0.4) is 0 Å². The van der Waals surface area contributed by atoms with Crippen molar-refractivity contribution in [2.24, 2.45) is 11.3 Å². The first kappa shape index (κ1) is 17.0. The van der Waals surface area contributed by atoms with E-state index in [-0.39, 0.29) is 16.7 Å². The fraction of sp³-hybridized carbons (Fsp3) is 0.538. The Labute approximate surface area is 127 Å². The quantitative estimate of drug-likeness (QED) is 0.787. The summed E-state index contributed by atoms with van der Waals surface area (Å²) in [6, 6.07) is 0. The highest BCUT2D eigenvalue weighted by molar-refractivity contribution is 6.35. The average Bonchev–Trinajstić information content (AvgIpc) is 2.40. The van der Waals surface area contributed by atoms with Gasteiger partial charge in [0.05, 0.1) is 12.5 Å². The molecule has 0 radical (unpaired) electrons. The molecule has 3 atom stereocenters. The van der Waals surface area contributed by atoms with E-state index in [0.29, 0.717) is 0 Å². The van der Waals surface area contributed by atoms with E-state index in [0.717, 1.165) is 0 Å². The Balaban J connectivity index is 3.40. The third kappa shape index (κ3) is 2.57. The third-order valence-electron chi connectivity index (χ3n) is 3.36. The van der Waals surface area contributed by atoms with Gasteiger partial charge in [-0.3, -0.25) is 9.59 Å².